The molecule has 1 aromatic carbocycles. The lowest BCUT2D eigenvalue weighted by atomic mass is 10.3. The van der Waals surface area contributed by atoms with Gasteiger partial charge in [0.1, 0.15) is 12.0 Å². The summed E-state index contributed by atoms with van der Waals surface area (Å²) in [5.74, 6) is 0.889. The molecule has 0 radical (unpaired) electrons. The smallest absolute Gasteiger partial charge is 0.242 e. The Kier molecular flexibility index (Phi) is 3.84. The van der Waals surface area contributed by atoms with Gasteiger partial charge in [-0.3, -0.25) is 0 Å². The van der Waals surface area contributed by atoms with Crippen LogP contribution in [0.1, 0.15) is 6.92 Å². The first-order valence-electron chi connectivity index (χ1n) is 5.46. The van der Waals surface area contributed by atoms with Crippen molar-refractivity contribution in [3.63, 3.8) is 0 Å². The van der Waals surface area contributed by atoms with E-state index in [0.717, 1.165) is 5.69 Å². The molecule has 6 heteroatoms. The van der Waals surface area contributed by atoms with E-state index in [1.807, 2.05) is 19.1 Å². The molecular weight excluding hydrogens is 252 g/mol. The van der Waals surface area contributed by atoms with Gasteiger partial charge in [-0.1, -0.05) is 11.6 Å². The lowest BCUT2D eigenvalue weighted by molar-refractivity contribution is 0.328. The monoisotopic (exact) mass is 264 g/mol. The zero-order valence-corrected chi connectivity index (χ0v) is 10.6. The molecule has 0 saturated carbocycles. The van der Waals surface area contributed by atoms with Gasteiger partial charge < -0.3 is 15.8 Å². The van der Waals surface area contributed by atoms with Crippen molar-refractivity contribution < 1.29 is 4.74 Å². The molecule has 18 heavy (non-hydrogen) atoms. The second-order valence-electron chi connectivity index (χ2n) is 3.51. The van der Waals surface area contributed by atoms with E-state index >= 15 is 0 Å². The predicted molar refractivity (Wildman–Crippen MR) is 72.3 cm³/mol. The maximum absolute atomic E-state index is 5.91. The minimum absolute atomic E-state index is 0.379. The summed E-state index contributed by atoms with van der Waals surface area (Å²) in [6.07, 6.45) is 1.40. The van der Waals surface area contributed by atoms with Gasteiger partial charge in [0.05, 0.1) is 6.61 Å². The van der Waals surface area contributed by atoms with Crippen molar-refractivity contribution in [2.45, 2.75) is 6.92 Å². The van der Waals surface area contributed by atoms with Crippen LogP contribution in [0.5, 0.6) is 5.88 Å². The largest absolute Gasteiger partial charge is 0.476 e. The molecule has 0 spiro atoms. The summed E-state index contributed by atoms with van der Waals surface area (Å²) < 4.78 is 5.30. The molecule has 0 unspecified atom stereocenters. The molecule has 0 saturated heterocycles. The van der Waals surface area contributed by atoms with E-state index in [9.17, 15) is 0 Å². The minimum Gasteiger partial charge on any atom is -0.476 e. The third-order valence-corrected chi connectivity index (χ3v) is 2.49. The van der Waals surface area contributed by atoms with Gasteiger partial charge in [-0.05, 0) is 31.2 Å². The van der Waals surface area contributed by atoms with E-state index in [-0.39, 0.29) is 0 Å². The Balaban J connectivity index is 2.23. The van der Waals surface area contributed by atoms with E-state index in [0.29, 0.717) is 29.0 Å². The molecule has 0 fully saturated rings. The van der Waals surface area contributed by atoms with Gasteiger partial charge in [0.2, 0.25) is 5.88 Å². The molecule has 0 bridgehead atoms. The number of benzene rings is 1. The summed E-state index contributed by atoms with van der Waals surface area (Å²) in [5, 5.41) is 3.76. The van der Waals surface area contributed by atoms with E-state index in [1.165, 1.54) is 6.33 Å². The van der Waals surface area contributed by atoms with Gasteiger partial charge in [-0.2, -0.15) is 4.98 Å². The van der Waals surface area contributed by atoms with Crippen LogP contribution >= 0.6 is 11.6 Å². The maximum atomic E-state index is 5.91. The van der Waals surface area contributed by atoms with Crippen molar-refractivity contribution in [2.75, 3.05) is 17.7 Å². The van der Waals surface area contributed by atoms with Crippen LogP contribution in [-0.4, -0.2) is 16.6 Å². The number of nitrogens with one attached hydrogen (secondary N) is 1. The fourth-order valence-corrected chi connectivity index (χ4v) is 1.53. The van der Waals surface area contributed by atoms with Crippen LogP contribution in [0.4, 0.5) is 17.2 Å². The Morgan fingerprint density at radius 1 is 1.28 bits per heavy atom. The van der Waals surface area contributed by atoms with Crippen molar-refractivity contribution >= 4 is 28.8 Å². The van der Waals surface area contributed by atoms with Crippen molar-refractivity contribution in [1.29, 1.82) is 0 Å². The second-order valence-corrected chi connectivity index (χ2v) is 3.94. The molecule has 5 nitrogen and oxygen atoms in total. The number of nitrogens with zero attached hydrogens (tertiary/aromatic N) is 2. The molecule has 94 valence electrons. The van der Waals surface area contributed by atoms with Gasteiger partial charge in [0, 0.05) is 10.7 Å². The lowest BCUT2D eigenvalue weighted by Gasteiger charge is -2.10. The number of hydrogen-bond donors (Lipinski definition) is 2. The molecule has 0 atom stereocenters. The molecule has 2 aromatic rings. The minimum atomic E-state index is 0.379. The van der Waals surface area contributed by atoms with Gasteiger partial charge in [0.25, 0.3) is 0 Å². The van der Waals surface area contributed by atoms with Crippen LogP contribution < -0.4 is 15.8 Å². The van der Waals surface area contributed by atoms with E-state index in [2.05, 4.69) is 15.3 Å². The lowest BCUT2D eigenvalue weighted by Crippen LogP contribution is -2.04. The van der Waals surface area contributed by atoms with Crippen LogP contribution in [-0.2, 0) is 0 Å². The fraction of sp³-hybridized carbons (Fsp3) is 0.167. The van der Waals surface area contributed by atoms with Gasteiger partial charge >= 0.3 is 0 Å². The SMILES string of the molecule is CCOc1ncnc(Nc2ccc(Cl)cc2)c1N. The number of anilines is 3. The van der Waals surface area contributed by atoms with E-state index in [1.54, 1.807) is 12.1 Å². The summed E-state index contributed by atoms with van der Waals surface area (Å²) in [6.45, 7) is 2.37. The predicted octanol–water partition coefficient (Wildman–Crippen LogP) is 2.85. The third kappa shape index (κ3) is 2.81. The normalized spacial score (nSPS) is 10.1. The van der Waals surface area contributed by atoms with Gasteiger partial charge in [-0.25, -0.2) is 4.98 Å². The molecule has 3 N–H and O–H groups in total. The number of aromatic nitrogens is 2. The summed E-state index contributed by atoms with van der Waals surface area (Å²) in [4.78, 5) is 8.04. The summed E-state index contributed by atoms with van der Waals surface area (Å²) >= 11 is 5.81. The van der Waals surface area contributed by atoms with Crippen LogP contribution in [0.2, 0.25) is 5.02 Å². The Morgan fingerprint density at radius 2 is 2.00 bits per heavy atom. The van der Waals surface area contributed by atoms with Crippen LogP contribution in [0, 0.1) is 0 Å². The topological polar surface area (TPSA) is 73.1 Å². The number of nitrogen functional groups attached to an aromatic ring is 1. The number of hydrogen-bond acceptors (Lipinski definition) is 5. The van der Waals surface area contributed by atoms with Crippen molar-refractivity contribution in [2.24, 2.45) is 0 Å². The summed E-state index contributed by atoms with van der Waals surface area (Å²) in [5.41, 5.74) is 7.13. The third-order valence-electron chi connectivity index (χ3n) is 2.24. The highest BCUT2D eigenvalue weighted by atomic mass is 35.5. The van der Waals surface area contributed by atoms with Crippen LogP contribution in [0.25, 0.3) is 0 Å². The first kappa shape index (κ1) is 12.4. The molecule has 1 heterocycles. The zero-order chi connectivity index (χ0) is 13.0. The van der Waals surface area contributed by atoms with Crippen molar-refractivity contribution in [1.82, 2.24) is 9.97 Å². The van der Waals surface area contributed by atoms with Crippen molar-refractivity contribution in [3.05, 3.63) is 35.6 Å². The molecule has 0 aliphatic rings. The van der Waals surface area contributed by atoms with Gasteiger partial charge in [0.15, 0.2) is 5.82 Å². The highest BCUT2D eigenvalue weighted by molar-refractivity contribution is 6.30. The second kappa shape index (κ2) is 5.55. The average Bonchev–Trinajstić information content (AvgIpc) is 2.37. The maximum Gasteiger partial charge on any atom is 0.242 e. The first-order chi connectivity index (χ1) is 8.70. The first-order valence-corrected chi connectivity index (χ1v) is 5.84. The van der Waals surface area contributed by atoms with Crippen molar-refractivity contribution in [3.8, 4) is 5.88 Å². The summed E-state index contributed by atoms with van der Waals surface area (Å²) in [6, 6.07) is 7.24. The zero-order valence-electron chi connectivity index (χ0n) is 9.85. The number of rotatable bonds is 4. The molecule has 1 aromatic heterocycles. The Hall–Kier alpha value is -2.01. The fourth-order valence-electron chi connectivity index (χ4n) is 1.40. The number of nitrogens with two attached hydrogens (primary N) is 1. The molecule has 0 aliphatic heterocycles. The Labute approximate surface area is 110 Å². The average molecular weight is 265 g/mol. The van der Waals surface area contributed by atoms with Gasteiger partial charge in [-0.15, -0.1) is 0 Å². The Bertz CT molecular complexity index is 530. The quantitative estimate of drug-likeness (QED) is 0.888. The molecule has 0 aliphatic carbocycles. The van der Waals surface area contributed by atoms with Crippen LogP contribution in [0.15, 0.2) is 30.6 Å². The van der Waals surface area contributed by atoms with E-state index in [4.69, 9.17) is 22.1 Å². The molecule has 0 amide bonds. The number of halogens is 1. The Morgan fingerprint density at radius 3 is 2.67 bits per heavy atom. The highest BCUT2D eigenvalue weighted by Gasteiger charge is 2.08. The standard InChI is InChI=1S/C12H13ClN4O/c1-2-18-12-10(14)11(15-7-16-12)17-9-5-3-8(13)4-6-9/h3-7H,2,14H2,1H3,(H,15,16,17). The molecular formula is C12H13ClN4O. The number of ether oxygens (including phenoxy) is 1. The highest BCUT2D eigenvalue weighted by Crippen LogP contribution is 2.27. The summed E-state index contributed by atoms with van der Waals surface area (Å²) in [7, 11) is 0. The molecule has 2 rings (SSSR count). The van der Waals surface area contributed by atoms with E-state index < -0.39 is 0 Å². The van der Waals surface area contributed by atoms with Crippen LogP contribution in [0.3, 0.4) is 0 Å².